The summed E-state index contributed by atoms with van der Waals surface area (Å²) in [5.41, 5.74) is 1.91. The number of hydrogen-bond acceptors (Lipinski definition) is 3. The zero-order valence-corrected chi connectivity index (χ0v) is 15.0. The minimum absolute atomic E-state index is 0.0603. The monoisotopic (exact) mass is 347 g/mol. The number of benzene rings is 2. The van der Waals surface area contributed by atoms with Gasteiger partial charge in [0.05, 0.1) is 18.0 Å². The van der Waals surface area contributed by atoms with Gasteiger partial charge in [-0.2, -0.15) is 5.26 Å². The number of nitriles is 1. The van der Waals surface area contributed by atoms with Gasteiger partial charge >= 0.3 is 0 Å². The summed E-state index contributed by atoms with van der Waals surface area (Å²) in [7, 11) is 0. The predicted octanol–water partition coefficient (Wildman–Crippen LogP) is 2.90. The van der Waals surface area contributed by atoms with Crippen LogP contribution in [0.25, 0.3) is 0 Å². The van der Waals surface area contributed by atoms with Crippen LogP contribution in [0.3, 0.4) is 0 Å². The van der Waals surface area contributed by atoms with Gasteiger partial charge in [-0.15, -0.1) is 0 Å². The van der Waals surface area contributed by atoms with E-state index in [2.05, 4.69) is 28.4 Å². The summed E-state index contributed by atoms with van der Waals surface area (Å²) >= 11 is 0. The smallest absolute Gasteiger partial charge is 0.234 e. The molecular formula is C22H25N3O. The highest BCUT2D eigenvalue weighted by Gasteiger charge is 2.36. The zero-order chi connectivity index (χ0) is 18.2. The molecule has 1 fully saturated rings. The first kappa shape index (κ1) is 18.2. The van der Waals surface area contributed by atoms with Crippen LogP contribution >= 0.6 is 0 Å². The number of carbonyl (C=O) groups is 1. The van der Waals surface area contributed by atoms with Crippen LogP contribution in [0, 0.1) is 11.3 Å². The van der Waals surface area contributed by atoms with Crippen LogP contribution in [-0.4, -0.2) is 37.0 Å². The summed E-state index contributed by atoms with van der Waals surface area (Å²) in [6.45, 7) is 2.61. The van der Waals surface area contributed by atoms with Gasteiger partial charge in [0.25, 0.3) is 0 Å². The van der Waals surface area contributed by atoms with Gasteiger partial charge in [0, 0.05) is 19.6 Å². The number of hydrogen-bond donors (Lipinski definition) is 1. The van der Waals surface area contributed by atoms with E-state index in [4.69, 9.17) is 0 Å². The van der Waals surface area contributed by atoms with Crippen molar-refractivity contribution in [1.82, 2.24) is 10.2 Å². The fourth-order valence-electron chi connectivity index (χ4n) is 3.57. The van der Waals surface area contributed by atoms with Gasteiger partial charge in [0.15, 0.2) is 0 Å². The highest BCUT2D eigenvalue weighted by Crippen LogP contribution is 2.34. The molecule has 1 heterocycles. The van der Waals surface area contributed by atoms with Gasteiger partial charge in [-0.3, -0.25) is 9.69 Å². The topological polar surface area (TPSA) is 56.1 Å². The molecule has 1 aliphatic rings. The second-order valence-corrected chi connectivity index (χ2v) is 6.92. The van der Waals surface area contributed by atoms with Crippen LogP contribution < -0.4 is 5.32 Å². The first-order chi connectivity index (χ1) is 12.7. The second kappa shape index (κ2) is 8.64. The van der Waals surface area contributed by atoms with Crippen molar-refractivity contribution in [3.63, 3.8) is 0 Å². The van der Waals surface area contributed by atoms with Gasteiger partial charge in [-0.25, -0.2) is 0 Å². The van der Waals surface area contributed by atoms with E-state index in [0.29, 0.717) is 13.1 Å². The highest BCUT2D eigenvalue weighted by atomic mass is 16.2. The van der Waals surface area contributed by atoms with E-state index in [0.717, 1.165) is 37.9 Å². The maximum absolute atomic E-state index is 12.2. The maximum atomic E-state index is 12.2. The molecule has 0 bridgehead atoms. The number of likely N-dealkylation sites (tertiary alicyclic amines) is 1. The number of carbonyl (C=O) groups excluding carboxylic acids is 1. The first-order valence-corrected chi connectivity index (χ1v) is 9.22. The summed E-state index contributed by atoms with van der Waals surface area (Å²) < 4.78 is 0. The molecular weight excluding hydrogens is 322 g/mol. The van der Waals surface area contributed by atoms with E-state index >= 15 is 0 Å². The molecule has 0 unspecified atom stereocenters. The Bertz CT molecular complexity index is 744. The summed E-state index contributed by atoms with van der Waals surface area (Å²) in [6, 6.07) is 22.7. The van der Waals surface area contributed by atoms with E-state index in [9.17, 15) is 10.1 Å². The average Bonchev–Trinajstić information content (AvgIpc) is 2.70. The molecule has 1 amide bonds. The van der Waals surface area contributed by atoms with Crippen molar-refractivity contribution in [2.75, 3.05) is 26.2 Å². The first-order valence-electron chi connectivity index (χ1n) is 9.22. The lowest BCUT2D eigenvalue weighted by atomic mass is 9.74. The predicted molar refractivity (Wildman–Crippen MR) is 103 cm³/mol. The number of rotatable bonds is 6. The molecule has 3 rings (SSSR count). The molecule has 0 aromatic heterocycles. The second-order valence-electron chi connectivity index (χ2n) is 6.92. The number of nitrogens with zero attached hydrogens (tertiary/aromatic N) is 2. The highest BCUT2D eigenvalue weighted by molar-refractivity contribution is 5.78. The fraction of sp³-hybridized carbons (Fsp3) is 0.364. The molecule has 0 spiro atoms. The summed E-state index contributed by atoms with van der Waals surface area (Å²) in [4.78, 5) is 14.3. The van der Waals surface area contributed by atoms with Crippen molar-refractivity contribution in [1.29, 1.82) is 5.26 Å². The van der Waals surface area contributed by atoms with Crippen molar-refractivity contribution < 1.29 is 4.79 Å². The molecule has 2 aromatic rings. The van der Waals surface area contributed by atoms with Gasteiger partial charge in [0.1, 0.15) is 0 Å². The van der Waals surface area contributed by atoms with Gasteiger partial charge in [0.2, 0.25) is 5.91 Å². The van der Waals surface area contributed by atoms with E-state index in [1.54, 1.807) is 0 Å². The van der Waals surface area contributed by atoms with Gasteiger partial charge < -0.3 is 5.32 Å². The van der Waals surface area contributed by atoms with Gasteiger partial charge in [-0.1, -0.05) is 60.7 Å². The van der Waals surface area contributed by atoms with Crippen LogP contribution in [0.5, 0.6) is 0 Å². The Morgan fingerprint density at radius 3 is 2.27 bits per heavy atom. The molecule has 1 aliphatic heterocycles. The fourth-order valence-corrected chi connectivity index (χ4v) is 3.57. The minimum Gasteiger partial charge on any atom is -0.355 e. The molecule has 4 heteroatoms. The third-order valence-electron chi connectivity index (χ3n) is 5.20. The van der Waals surface area contributed by atoms with Crippen LogP contribution in [0.2, 0.25) is 0 Å². The Morgan fingerprint density at radius 2 is 1.65 bits per heavy atom. The Morgan fingerprint density at radius 1 is 1.04 bits per heavy atom. The average molecular weight is 347 g/mol. The third kappa shape index (κ3) is 4.50. The van der Waals surface area contributed by atoms with Gasteiger partial charge in [-0.05, 0) is 30.4 Å². The molecule has 0 atom stereocenters. The Kier molecular flexibility index (Phi) is 6.04. The summed E-state index contributed by atoms with van der Waals surface area (Å²) in [5.74, 6) is 0.0603. The van der Waals surface area contributed by atoms with Crippen LogP contribution in [0.1, 0.15) is 24.0 Å². The van der Waals surface area contributed by atoms with E-state index in [1.807, 2.05) is 48.5 Å². The number of amides is 1. The zero-order valence-electron chi connectivity index (χ0n) is 15.0. The van der Waals surface area contributed by atoms with Crippen LogP contribution in [0.4, 0.5) is 0 Å². The van der Waals surface area contributed by atoms with E-state index in [1.165, 1.54) is 5.56 Å². The Balaban J connectivity index is 1.45. The lowest BCUT2D eigenvalue weighted by Crippen LogP contribution is -2.46. The van der Waals surface area contributed by atoms with Crippen molar-refractivity contribution in [2.45, 2.75) is 24.7 Å². The van der Waals surface area contributed by atoms with E-state index in [-0.39, 0.29) is 5.91 Å². The van der Waals surface area contributed by atoms with Crippen molar-refractivity contribution in [2.24, 2.45) is 0 Å². The standard InChI is InChI=1S/C22H25N3O/c23-18-22(20-9-5-2-6-10-20)12-15-25(16-13-22)17-21(26)24-14-11-19-7-3-1-4-8-19/h1-10H,11-17H2,(H,24,26). The largest absolute Gasteiger partial charge is 0.355 e. The minimum atomic E-state index is -0.415. The summed E-state index contributed by atoms with van der Waals surface area (Å²) in [5, 5.41) is 12.7. The maximum Gasteiger partial charge on any atom is 0.234 e. The molecule has 134 valence electrons. The molecule has 2 aromatic carbocycles. The molecule has 0 aliphatic carbocycles. The number of nitrogens with one attached hydrogen (secondary N) is 1. The van der Waals surface area contributed by atoms with Crippen molar-refractivity contribution >= 4 is 5.91 Å². The van der Waals surface area contributed by atoms with E-state index < -0.39 is 5.41 Å². The Hall–Kier alpha value is -2.64. The Labute approximate surface area is 155 Å². The molecule has 1 saturated heterocycles. The summed E-state index contributed by atoms with van der Waals surface area (Å²) in [6.07, 6.45) is 2.38. The van der Waals surface area contributed by atoms with Crippen molar-refractivity contribution in [3.05, 3.63) is 71.8 Å². The quantitative estimate of drug-likeness (QED) is 0.874. The normalized spacial score (nSPS) is 16.6. The lowest BCUT2D eigenvalue weighted by Gasteiger charge is -2.37. The van der Waals surface area contributed by atoms with Crippen LogP contribution in [-0.2, 0) is 16.6 Å². The third-order valence-corrected chi connectivity index (χ3v) is 5.20. The molecule has 0 radical (unpaired) electrons. The SMILES string of the molecule is N#CC1(c2ccccc2)CCN(CC(=O)NCCc2ccccc2)CC1. The van der Waals surface area contributed by atoms with Crippen molar-refractivity contribution in [3.8, 4) is 6.07 Å². The molecule has 1 N–H and O–H groups in total. The number of piperidine rings is 1. The molecule has 26 heavy (non-hydrogen) atoms. The van der Waals surface area contributed by atoms with Crippen LogP contribution in [0.15, 0.2) is 60.7 Å². The molecule has 4 nitrogen and oxygen atoms in total. The lowest BCUT2D eigenvalue weighted by molar-refractivity contribution is -0.122. The molecule has 0 saturated carbocycles.